The molecule has 4 fully saturated rings. The van der Waals surface area contributed by atoms with Crippen LogP contribution in [0.15, 0.2) is 42.5 Å². The van der Waals surface area contributed by atoms with Crippen LogP contribution in [0, 0.1) is 29.4 Å². The highest BCUT2D eigenvalue weighted by Gasteiger charge is 2.68. The highest BCUT2D eigenvalue weighted by Crippen LogP contribution is 2.68. The number of rotatable bonds is 14. The van der Waals surface area contributed by atoms with Crippen LogP contribution in [0.3, 0.4) is 0 Å². The SMILES string of the molecule is CC(C)(C#Cc1ccc(-c2ccc(Cl)c3c(CS(=O)(=O)C4CC4)nn(C4COC4)c23)c([C@@H](CC(=O)Cn2nc(C(F)(F)F)c3c2C(F)(F)[C@@H]2C[C@H]32)Cc2cc(F)cc(F)c2)n1)S(=O)(=O)C1CC1. The average molecular weight is 992 g/mol. The quantitative estimate of drug-likeness (QED) is 0.0788. The van der Waals surface area contributed by atoms with E-state index in [1.807, 2.05) is 0 Å². The molecule has 67 heavy (non-hydrogen) atoms. The summed E-state index contributed by atoms with van der Waals surface area (Å²) in [6.45, 7) is 2.34. The third-order valence-corrected chi connectivity index (χ3v) is 18.7. The maximum atomic E-state index is 15.6. The van der Waals surface area contributed by atoms with Gasteiger partial charge in [-0.3, -0.25) is 14.2 Å². The van der Waals surface area contributed by atoms with Gasteiger partial charge in [0.2, 0.25) is 0 Å². The standard InChI is InChI=1S/C46H41ClF7N5O6S2/c1-44(2,67(63,64)31-6-7-31)12-11-27-3-8-32(33-9-10-36(47)39-37(22-66(61,62)30-4-5-30)56-59(41(33)39)28-20-65-21-28)40(55-27)24(13-23-14-25(48)17-26(49)15-23)16-29(60)19-58-43-38(42(57-58)46(52,53)54)34-18-35(34)45(43,50)51/h3,8-10,14-15,17,24,28,30-31,34-35H,4-7,13,16,18-22H2,1-2H3/t24-,34+,35-/m1/s1. The highest BCUT2D eigenvalue weighted by atomic mass is 35.5. The van der Waals surface area contributed by atoms with E-state index in [2.05, 4.69) is 16.9 Å². The molecule has 0 amide bonds. The number of halogens is 8. The lowest BCUT2D eigenvalue weighted by atomic mass is 9.86. The molecule has 3 saturated carbocycles. The first-order valence-electron chi connectivity index (χ1n) is 21.7. The fourth-order valence-electron chi connectivity index (χ4n) is 9.53. The van der Waals surface area contributed by atoms with E-state index < -0.39 is 118 Å². The number of ketones is 1. The van der Waals surface area contributed by atoms with Gasteiger partial charge >= 0.3 is 6.18 Å². The van der Waals surface area contributed by atoms with Gasteiger partial charge in [-0.2, -0.15) is 32.1 Å². The minimum Gasteiger partial charge on any atom is -0.377 e. The zero-order valence-corrected chi connectivity index (χ0v) is 38.2. The predicted molar refractivity (Wildman–Crippen MR) is 231 cm³/mol. The molecule has 3 atom stereocenters. The van der Waals surface area contributed by atoms with Gasteiger partial charge in [-0.15, -0.1) is 0 Å². The summed E-state index contributed by atoms with van der Waals surface area (Å²) >= 11 is 6.87. The van der Waals surface area contributed by atoms with E-state index in [4.69, 9.17) is 26.4 Å². The minimum atomic E-state index is -5.09. The van der Waals surface area contributed by atoms with Crippen molar-refractivity contribution in [1.82, 2.24) is 24.5 Å². The monoisotopic (exact) mass is 991 g/mol. The molecule has 5 aromatic rings. The Bertz CT molecular complexity index is 3180. The third-order valence-electron chi connectivity index (χ3n) is 13.4. The predicted octanol–water partition coefficient (Wildman–Crippen LogP) is 8.80. The summed E-state index contributed by atoms with van der Waals surface area (Å²) in [6, 6.07) is 8.55. The second-order valence-corrected chi connectivity index (χ2v) is 24.3. The number of carbonyl (C=O) groups excluding carboxylic acids is 1. The van der Waals surface area contributed by atoms with E-state index in [1.165, 1.54) is 26.0 Å². The van der Waals surface area contributed by atoms with Crippen LogP contribution in [0.4, 0.5) is 30.7 Å². The van der Waals surface area contributed by atoms with Crippen molar-refractivity contribution in [3.05, 3.63) is 98.7 Å². The molecule has 5 aliphatic rings. The lowest BCUT2D eigenvalue weighted by Crippen LogP contribution is -2.33. The van der Waals surface area contributed by atoms with Crippen molar-refractivity contribution in [2.45, 2.75) is 116 Å². The normalized spacial score (nSPS) is 20.8. The van der Waals surface area contributed by atoms with Crippen LogP contribution in [0.1, 0.15) is 110 Å². The number of aromatic nitrogens is 5. The smallest absolute Gasteiger partial charge is 0.377 e. The number of pyridine rings is 1. The molecule has 4 aliphatic carbocycles. The summed E-state index contributed by atoms with van der Waals surface area (Å²) in [5.41, 5.74) is -1.80. The number of sulfone groups is 2. The van der Waals surface area contributed by atoms with Crippen molar-refractivity contribution in [3.63, 3.8) is 0 Å². The van der Waals surface area contributed by atoms with Gasteiger partial charge in [0.1, 0.15) is 34.3 Å². The average Bonchev–Trinajstić information content (AvgIpc) is 4.10. The number of fused-ring (bicyclic) bond motifs is 4. The molecule has 10 rings (SSSR count). The van der Waals surface area contributed by atoms with Crippen molar-refractivity contribution in [2.75, 3.05) is 13.2 Å². The molecule has 0 bridgehead atoms. The number of ether oxygens (including phenoxy) is 1. The number of nitrogens with zero attached hydrogens (tertiary/aromatic N) is 5. The molecule has 0 radical (unpaired) electrons. The molecular formula is C46H41ClF7N5O6S2. The number of hydrogen-bond acceptors (Lipinski definition) is 9. The summed E-state index contributed by atoms with van der Waals surface area (Å²) in [7, 11) is -7.34. The molecular weight excluding hydrogens is 951 g/mol. The Labute approximate surface area is 385 Å². The van der Waals surface area contributed by atoms with Crippen molar-refractivity contribution < 1.29 is 57.1 Å². The maximum absolute atomic E-state index is 15.6. The lowest BCUT2D eigenvalue weighted by Gasteiger charge is -2.28. The number of Topliss-reactive ketones (excluding diaryl/α,β-unsaturated/α-hetero) is 1. The van der Waals surface area contributed by atoms with Gasteiger partial charge in [-0.05, 0) is 100 Å². The van der Waals surface area contributed by atoms with Gasteiger partial charge in [0, 0.05) is 46.4 Å². The van der Waals surface area contributed by atoms with Gasteiger partial charge < -0.3 is 4.74 Å². The van der Waals surface area contributed by atoms with Crippen LogP contribution in [0.25, 0.3) is 22.0 Å². The first kappa shape index (κ1) is 45.9. The van der Waals surface area contributed by atoms with Gasteiger partial charge in [0.05, 0.1) is 57.4 Å². The van der Waals surface area contributed by atoms with Crippen LogP contribution in [0.2, 0.25) is 5.02 Å². The molecule has 0 unspecified atom stereocenters. The second kappa shape index (κ2) is 15.9. The van der Waals surface area contributed by atoms with E-state index in [1.54, 1.807) is 16.8 Å². The summed E-state index contributed by atoms with van der Waals surface area (Å²) in [5, 5.41) is 7.70. The Morgan fingerprint density at radius 2 is 1.63 bits per heavy atom. The van der Waals surface area contributed by atoms with E-state index in [0.717, 1.165) is 12.1 Å². The molecule has 2 aromatic carbocycles. The largest absolute Gasteiger partial charge is 0.435 e. The van der Waals surface area contributed by atoms with Crippen molar-refractivity contribution >= 4 is 48.0 Å². The molecule has 21 heteroatoms. The van der Waals surface area contributed by atoms with Gasteiger partial charge in [-0.25, -0.2) is 30.6 Å². The van der Waals surface area contributed by atoms with E-state index in [-0.39, 0.29) is 65.3 Å². The van der Waals surface area contributed by atoms with Crippen molar-refractivity contribution in [1.29, 1.82) is 0 Å². The molecule has 1 saturated heterocycles. The Morgan fingerprint density at radius 3 is 2.25 bits per heavy atom. The molecule has 4 heterocycles. The van der Waals surface area contributed by atoms with E-state index >= 15 is 8.78 Å². The first-order chi connectivity index (χ1) is 31.4. The summed E-state index contributed by atoms with van der Waals surface area (Å²) in [6.07, 6.45) is -4.21. The van der Waals surface area contributed by atoms with Gasteiger partial charge in [0.15, 0.2) is 31.2 Å². The number of benzene rings is 2. The topological polar surface area (TPSA) is 143 Å². The Kier molecular flexibility index (Phi) is 10.9. The van der Waals surface area contributed by atoms with E-state index in [9.17, 15) is 43.6 Å². The number of alkyl halides is 5. The van der Waals surface area contributed by atoms with Crippen LogP contribution in [0.5, 0.6) is 0 Å². The van der Waals surface area contributed by atoms with Crippen LogP contribution >= 0.6 is 11.6 Å². The molecule has 354 valence electrons. The van der Waals surface area contributed by atoms with Crippen LogP contribution in [-0.2, 0) is 60.0 Å². The van der Waals surface area contributed by atoms with Gasteiger partial charge in [-0.1, -0.05) is 23.6 Å². The number of hydrogen-bond donors (Lipinski definition) is 0. The Balaban J connectivity index is 1.14. The lowest BCUT2D eigenvalue weighted by molar-refractivity contribution is -0.142. The summed E-state index contributed by atoms with van der Waals surface area (Å²) in [4.78, 5) is 19.2. The zero-order valence-electron chi connectivity index (χ0n) is 35.8. The van der Waals surface area contributed by atoms with Crippen LogP contribution in [-0.4, -0.2) is 75.6 Å². The molecule has 0 spiro atoms. The van der Waals surface area contributed by atoms with Gasteiger partial charge in [0.25, 0.3) is 5.92 Å². The van der Waals surface area contributed by atoms with Crippen molar-refractivity contribution in [3.8, 4) is 23.0 Å². The summed E-state index contributed by atoms with van der Waals surface area (Å²) in [5.74, 6) is -4.86. The molecule has 11 nitrogen and oxygen atoms in total. The fourth-order valence-corrected chi connectivity index (χ4v) is 13.3. The molecule has 0 N–H and O–H groups in total. The van der Waals surface area contributed by atoms with Crippen LogP contribution < -0.4 is 0 Å². The molecule has 1 aliphatic heterocycles. The summed E-state index contributed by atoms with van der Waals surface area (Å²) < 4.78 is 163. The Morgan fingerprint density at radius 1 is 0.955 bits per heavy atom. The minimum absolute atomic E-state index is 0.0154. The van der Waals surface area contributed by atoms with Crippen molar-refractivity contribution in [2.24, 2.45) is 5.92 Å². The Hall–Kier alpha value is -4.84. The zero-order chi connectivity index (χ0) is 47.7. The third kappa shape index (κ3) is 8.24. The highest BCUT2D eigenvalue weighted by molar-refractivity contribution is 7.93. The molecule has 3 aromatic heterocycles. The fraction of sp³-hybridized carbons (Fsp3) is 0.478. The number of carbonyl (C=O) groups is 1. The first-order valence-corrected chi connectivity index (χ1v) is 25.4. The maximum Gasteiger partial charge on any atom is 0.435 e. The second-order valence-electron chi connectivity index (χ2n) is 18.8. The van der Waals surface area contributed by atoms with E-state index in [0.29, 0.717) is 52.9 Å².